The van der Waals surface area contributed by atoms with Gasteiger partial charge in [0.15, 0.2) is 0 Å². The Kier molecular flexibility index (Phi) is 6.01. The molecule has 0 aliphatic rings. The molecule has 2 aromatic rings. The maximum absolute atomic E-state index is 11.4. The number of ether oxygens (including phenoxy) is 1. The lowest BCUT2D eigenvalue weighted by atomic mass is 10.1. The quantitative estimate of drug-likeness (QED) is 0.687. The van der Waals surface area contributed by atoms with Crippen LogP contribution in [0.2, 0.25) is 0 Å². The van der Waals surface area contributed by atoms with Crippen LogP contribution in [0.5, 0.6) is 0 Å². The summed E-state index contributed by atoms with van der Waals surface area (Å²) in [6.07, 6.45) is 1.27. The Labute approximate surface area is 132 Å². The Hall–Kier alpha value is -1.81. The van der Waals surface area contributed by atoms with E-state index in [0.717, 1.165) is 36.2 Å². The molecule has 0 amide bonds. The SMILES string of the molecule is CCOC(=O)CCCN(CC)C(C)c1cc2ccccc2o1. The highest BCUT2D eigenvalue weighted by atomic mass is 16.5. The summed E-state index contributed by atoms with van der Waals surface area (Å²) in [6, 6.07) is 10.3. The molecule has 1 aromatic carbocycles. The lowest BCUT2D eigenvalue weighted by molar-refractivity contribution is -0.143. The number of esters is 1. The zero-order valence-electron chi connectivity index (χ0n) is 13.7. The number of furan rings is 1. The standard InChI is InChI=1S/C18H25NO3/c1-4-19(12-8-11-18(20)21-5-2)14(3)17-13-15-9-6-7-10-16(15)22-17/h6-7,9-10,13-14H,4-5,8,11-12H2,1-3H3. The van der Waals surface area contributed by atoms with Crippen LogP contribution in [0, 0.1) is 0 Å². The van der Waals surface area contributed by atoms with Gasteiger partial charge in [0, 0.05) is 11.8 Å². The van der Waals surface area contributed by atoms with Crippen LogP contribution in [0.25, 0.3) is 11.0 Å². The molecule has 1 aromatic heterocycles. The van der Waals surface area contributed by atoms with E-state index in [4.69, 9.17) is 9.15 Å². The Balaban J connectivity index is 1.96. The molecule has 1 atom stereocenters. The van der Waals surface area contributed by atoms with Gasteiger partial charge in [-0.1, -0.05) is 25.1 Å². The summed E-state index contributed by atoms with van der Waals surface area (Å²) < 4.78 is 10.9. The van der Waals surface area contributed by atoms with E-state index in [2.05, 4.69) is 30.9 Å². The molecule has 120 valence electrons. The molecule has 0 aliphatic carbocycles. The maximum Gasteiger partial charge on any atom is 0.305 e. The van der Waals surface area contributed by atoms with E-state index in [1.807, 2.05) is 25.1 Å². The van der Waals surface area contributed by atoms with Crippen molar-refractivity contribution in [2.75, 3.05) is 19.7 Å². The van der Waals surface area contributed by atoms with Gasteiger partial charge in [0.25, 0.3) is 0 Å². The third-order valence-corrected chi connectivity index (χ3v) is 3.94. The van der Waals surface area contributed by atoms with Crippen LogP contribution in [0.3, 0.4) is 0 Å². The normalized spacial score (nSPS) is 12.7. The van der Waals surface area contributed by atoms with Gasteiger partial charge in [0.2, 0.25) is 0 Å². The number of carbonyl (C=O) groups is 1. The summed E-state index contributed by atoms with van der Waals surface area (Å²) in [5.74, 6) is 0.856. The average molecular weight is 303 g/mol. The molecular formula is C18H25NO3. The first-order chi connectivity index (χ1) is 10.7. The Morgan fingerprint density at radius 1 is 1.32 bits per heavy atom. The van der Waals surface area contributed by atoms with Gasteiger partial charge in [-0.2, -0.15) is 0 Å². The van der Waals surface area contributed by atoms with E-state index in [9.17, 15) is 4.79 Å². The van der Waals surface area contributed by atoms with Crippen molar-refractivity contribution in [1.29, 1.82) is 0 Å². The lowest BCUT2D eigenvalue weighted by Crippen LogP contribution is -2.28. The van der Waals surface area contributed by atoms with Gasteiger partial charge in [-0.25, -0.2) is 0 Å². The fourth-order valence-corrected chi connectivity index (χ4v) is 2.67. The summed E-state index contributed by atoms with van der Waals surface area (Å²) in [4.78, 5) is 13.7. The minimum Gasteiger partial charge on any atom is -0.466 e. The van der Waals surface area contributed by atoms with Crippen LogP contribution in [0.15, 0.2) is 34.7 Å². The highest BCUT2D eigenvalue weighted by Gasteiger charge is 2.18. The van der Waals surface area contributed by atoms with Gasteiger partial charge < -0.3 is 9.15 Å². The van der Waals surface area contributed by atoms with Crippen LogP contribution in [0.4, 0.5) is 0 Å². The predicted octanol–water partition coefficient (Wildman–Crippen LogP) is 4.16. The van der Waals surface area contributed by atoms with Crippen molar-refractivity contribution in [2.24, 2.45) is 0 Å². The average Bonchev–Trinajstić information content (AvgIpc) is 2.95. The van der Waals surface area contributed by atoms with E-state index >= 15 is 0 Å². The zero-order valence-corrected chi connectivity index (χ0v) is 13.7. The molecule has 4 heteroatoms. The zero-order chi connectivity index (χ0) is 15.9. The molecule has 0 radical (unpaired) electrons. The van der Waals surface area contributed by atoms with Crippen molar-refractivity contribution >= 4 is 16.9 Å². The number of carbonyl (C=O) groups excluding carboxylic acids is 1. The Morgan fingerprint density at radius 3 is 2.77 bits per heavy atom. The van der Waals surface area contributed by atoms with Gasteiger partial charge in [-0.3, -0.25) is 9.69 Å². The second-order valence-corrected chi connectivity index (χ2v) is 5.40. The summed E-state index contributed by atoms with van der Waals surface area (Å²) in [6.45, 7) is 8.33. The smallest absolute Gasteiger partial charge is 0.305 e. The second kappa shape index (κ2) is 7.99. The summed E-state index contributed by atoms with van der Waals surface area (Å²) in [5.41, 5.74) is 0.923. The van der Waals surface area contributed by atoms with E-state index < -0.39 is 0 Å². The molecule has 0 aliphatic heterocycles. The van der Waals surface area contributed by atoms with E-state index in [1.165, 1.54) is 0 Å². The third-order valence-electron chi connectivity index (χ3n) is 3.94. The minimum absolute atomic E-state index is 0.116. The molecule has 1 unspecified atom stereocenters. The molecule has 0 saturated carbocycles. The van der Waals surface area contributed by atoms with Crippen LogP contribution in [0.1, 0.15) is 45.4 Å². The molecule has 0 bridgehead atoms. The van der Waals surface area contributed by atoms with Crippen molar-refractivity contribution in [3.8, 4) is 0 Å². The number of para-hydroxylation sites is 1. The van der Waals surface area contributed by atoms with E-state index in [0.29, 0.717) is 13.0 Å². The van der Waals surface area contributed by atoms with E-state index in [-0.39, 0.29) is 12.0 Å². The number of hydrogen-bond acceptors (Lipinski definition) is 4. The van der Waals surface area contributed by atoms with Gasteiger partial charge in [0.05, 0.1) is 12.6 Å². The highest BCUT2D eigenvalue weighted by molar-refractivity contribution is 5.77. The van der Waals surface area contributed by atoms with Crippen LogP contribution in [-0.4, -0.2) is 30.6 Å². The van der Waals surface area contributed by atoms with Gasteiger partial charge in [0.1, 0.15) is 11.3 Å². The molecule has 0 fully saturated rings. The molecule has 2 rings (SSSR count). The first-order valence-electron chi connectivity index (χ1n) is 8.03. The molecule has 4 nitrogen and oxygen atoms in total. The second-order valence-electron chi connectivity index (χ2n) is 5.40. The van der Waals surface area contributed by atoms with Gasteiger partial charge in [-0.05, 0) is 45.5 Å². The van der Waals surface area contributed by atoms with Crippen LogP contribution in [-0.2, 0) is 9.53 Å². The molecule has 22 heavy (non-hydrogen) atoms. The van der Waals surface area contributed by atoms with Gasteiger partial charge in [-0.15, -0.1) is 0 Å². The molecule has 1 heterocycles. The molecule has 0 saturated heterocycles. The Bertz CT molecular complexity index is 572. The largest absolute Gasteiger partial charge is 0.466 e. The summed E-state index contributed by atoms with van der Waals surface area (Å²) >= 11 is 0. The lowest BCUT2D eigenvalue weighted by Gasteiger charge is -2.26. The molecule has 0 spiro atoms. The first kappa shape index (κ1) is 16.6. The fourth-order valence-electron chi connectivity index (χ4n) is 2.67. The van der Waals surface area contributed by atoms with Crippen molar-refractivity contribution in [2.45, 2.75) is 39.7 Å². The topological polar surface area (TPSA) is 42.7 Å². The molecular weight excluding hydrogens is 278 g/mol. The van der Waals surface area contributed by atoms with Crippen LogP contribution >= 0.6 is 0 Å². The van der Waals surface area contributed by atoms with Crippen LogP contribution < -0.4 is 0 Å². The maximum atomic E-state index is 11.4. The predicted molar refractivity (Wildman–Crippen MR) is 87.7 cm³/mol. The molecule has 0 N–H and O–H groups in total. The summed E-state index contributed by atoms with van der Waals surface area (Å²) in [7, 11) is 0. The number of benzene rings is 1. The van der Waals surface area contributed by atoms with Crippen molar-refractivity contribution in [3.05, 3.63) is 36.1 Å². The van der Waals surface area contributed by atoms with Crippen molar-refractivity contribution in [3.63, 3.8) is 0 Å². The van der Waals surface area contributed by atoms with E-state index in [1.54, 1.807) is 0 Å². The minimum atomic E-state index is -0.116. The highest BCUT2D eigenvalue weighted by Crippen LogP contribution is 2.27. The first-order valence-corrected chi connectivity index (χ1v) is 8.03. The Morgan fingerprint density at radius 2 is 2.09 bits per heavy atom. The van der Waals surface area contributed by atoms with Crippen molar-refractivity contribution in [1.82, 2.24) is 4.90 Å². The monoisotopic (exact) mass is 303 g/mol. The third kappa shape index (κ3) is 4.10. The number of fused-ring (bicyclic) bond motifs is 1. The fraction of sp³-hybridized carbons (Fsp3) is 0.500. The van der Waals surface area contributed by atoms with Crippen molar-refractivity contribution < 1.29 is 13.9 Å². The number of hydrogen-bond donors (Lipinski definition) is 0. The summed E-state index contributed by atoms with van der Waals surface area (Å²) in [5, 5.41) is 1.13. The number of rotatable bonds is 8. The number of nitrogens with zero attached hydrogens (tertiary/aromatic N) is 1. The van der Waals surface area contributed by atoms with Gasteiger partial charge >= 0.3 is 5.97 Å².